The molecule has 0 atom stereocenters. The Morgan fingerprint density at radius 2 is 2.00 bits per heavy atom. The van der Waals surface area contributed by atoms with E-state index in [1.165, 1.54) is 0 Å². The summed E-state index contributed by atoms with van der Waals surface area (Å²) in [6.45, 7) is 7.76. The minimum absolute atomic E-state index is 0.0174. The SMILES string of the molecule is CCOc1cc(C)c2cc3c(C)cc(=O)n4c3c(c2n1)OCCC4. The summed E-state index contributed by atoms with van der Waals surface area (Å²) in [6, 6.07) is 5.78. The van der Waals surface area contributed by atoms with E-state index in [1.54, 1.807) is 6.07 Å². The molecule has 0 saturated heterocycles. The first-order valence-corrected chi connectivity index (χ1v) is 8.34. The summed E-state index contributed by atoms with van der Waals surface area (Å²) in [7, 11) is 0. The van der Waals surface area contributed by atoms with Crippen LogP contribution in [0, 0.1) is 13.8 Å². The normalized spacial score (nSPS) is 13.8. The molecule has 1 aliphatic heterocycles. The Morgan fingerprint density at radius 3 is 2.79 bits per heavy atom. The van der Waals surface area contributed by atoms with Gasteiger partial charge in [0.05, 0.1) is 18.7 Å². The number of ether oxygens (including phenoxy) is 2. The molecule has 3 aromatic rings. The van der Waals surface area contributed by atoms with Crippen molar-refractivity contribution in [2.75, 3.05) is 13.2 Å². The molecule has 3 heterocycles. The Bertz CT molecular complexity index is 1020. The Morgan fingerprint density at radius 1 is 1.21 bits per heavy atom. The van der Waals surface area contributed by atoms with Gasteiger partial charge in [0.1, 0.15) is 5.52 Å². The van der Waals surface area contributed by atoms with Gasteiger partial charge >= 0.3 is 0 Å². The van der Waals surface area contributed by atoms with Gasteiger partial charge in [-0.1, -0.05) is 0 Å². The highest BCUT2D eigenvalue weighted by Crippen LogP contribution is 2.38. The maximum absolute atomic E-state index is 12.5. The maximum Gasteiger partial charge on any atom is 0.251 e. The summed E-state index contributed by atoms with van der Waals surface area (Å²) in [5.74, 6) is 1.29. The third-order valence-electron chi connectivity index (χ3n) is 4.58. The molecule has 0 amide bonds. The highest BCUT2D eigenvalue weighted by atomic mass is 16.5. The van der Waals surface area contributed by atoms with Crippen LogP contribution in [-0.2, 0) is 6.54 Å². The molecule has 0 radical (unpaired) electrons. The van der Waals surface area contributed by atoms with Crippen LogP contribution < -0.4 is 15.0 Å². The standard InChI is InChI=1S/C19H20N2O3/c1-4-23-15-8-11(2)13-10-14-12(3)9-16(22)21-6-5-7-24-19(18(14)21)17(13)20-15/h8-10H,4-7H2,1-3H3. The lowest BCUT2D eigenvalue weighted by Crippen LogP contribution is -2.20. The van der Waals surface area contributed by atoms with E-state index in [-0.39, 0.29) is 5.56 Å². The van der Waals surface area contributed by atoms with E-state index in [1.807, 2.05) is 31.4 Å². The van der Waals surface area contributed by atoms with Crippen LogP contribution in [0.2, 0.25) is 0 Å². The molecule has 5 nitrogen and oxygen atoms in total. The average molecular weight is 324 g/mol. The fourth-order valence-electron chi connectivity index (χ4n) is 3.45. The monoisotopic (exact) mass is 324 g/mol. The van der Waals surface area contributed by atoms with E-state index in [2.05, 4.69) is 11.1 Å². The molecule has 0 aliphatic carbocycles. The van der Waals surface area contributed by atoms with Crippen LogP contribution in [-0.4, -0.2) is 22.8 Å². The number of benzene rings is 1. The van der Waals surface area contributed by atoms with Gasteiger partial charge in [0.2, 0.25) is 5.88 Å². The summed E-state index contributed by atoms with van der Waals surface area (Å²) < 4.78 is 13.5. The molecule has 124 valence electrons. The van der Waals surface area contributed by atoms with Crippen molar-refractivity contribution in [2.45, 2.75) is 33.7 Å². The van der Waals surface area contributed by atoms with Crippen molar-refractivity contribution in [1.29, 1.82) is 0 Å². The van der Waals surface area contributed by atoms with Crippen molar-refractivity contribution >= 4 is 21.8 Å². The van der Waals surface area contributed by atoms with Gasteiger partial charge in [-0.05, 0) is 44.4 Å². The van der Waals surface area contributed by atoms with E-state index >= 15 is 0 Å². The molecular weight excluding hydrogens is 304 g/mol. The minimum atomic E-state index is 0.0174. The third-order valence-corrected chi connectivity index (χ3v) is 4.58. The third kappa shape index (κ3) is 2.15. The summed E-state index contributed by atoms with van der Waals surface area (Å²) >= 11 is 0. The van der Waals surface area contributed by atoms with Gasteiger partial charge < -0.3 is 14.0 Å². The molecule has 0 N–H and O–H groups in total. The van der Waals surface area contributed by atoms with Crippen molar-refractivity contribution in [3.05, 3.63) is 39.7 Å². The second kappa shape index (κ2) is 5.51. The number of pyridine rings is 2. The van der Waals surface area contributed by atoms with E-state index in [4.69, 9.17) is 9.47 Å². The van der Waals surface area contributed by atoms with Gasteiger partial charge in [-0.2, -0.15) is 0 Å². The first-order chi connectivity index (χ1) is 11.6. The van der Waals surface area contributed by atoms with Gasteiger partial charge in [0.25, 0.3) is 5.56 Å². The molecule has 5 heteroatoms. The number of rotatable bonds is 2. The average Bonchev–Trinajstić information content (AvgIpc) is 2.77. The highest BCUT2D eigenvalue weighted by Gasteiger charge is 2.20. The molecular formula is C19H20N2O3. The quantitative estimate of drug-likeness (QED) is 0.678. The molecule has 1 aliphatic rings. The first-order valence-electron chi connectivity index (χ1n) is 8.34. The Hall–Kier alpha value is -2.56. The van der Waals surface area contributed by atoms with E-state index in [0.29, 0.717) is 31.4 Å². The molecule has 0 fully saturated rings. The predicted molar refractivity (Wildman–Crippen MR) is 94.3 cm³/mol. The van der Waals surface area contributed by atoms with Crippen LogP contribution >= 0.6 is 0 Å². The molecule has 0 saturated carbocycles. The van der Waals surface area contributed by atoms with Crippen LogP contribution in [0.25, 0.3) is 21.8 Å². The summed E-state index contributed by atoms with van der Waals surface area (Å²) in [5, 5.41) is 2.09. The second-order valence-electron chi connectivity index (χ2n) is 6.23. The molecule has 0 spiro atoms. The molecule has 2 aromatic heterocycles. The zero-order valence-corrected chi connectivity index (χ0v) is 14.2. The molecule has 0 bridgehead atoms. The second-order valence-corrected chi connectivity index (χ2v) is 6.23. The van der Waals surface area contributed by atoms with Crippen molar-refractivity contribution in [3.8, 4) is 11.6 Å². The molecule has 24 heavy (non-hydrogen) atoms. The van der Waals surface area contributed by atoms with E-state index in [9.17, 15) is 4.79 Å². The number of aromatic nitrogens is 2. The Kier molecular flexibility index (Phi) is 3.44. The van der Waals surface area contributed by atoms with Gasteiger partial charge in [-0.25, -0.2) is 4.98 Å². The van der Waals surface area contributed by atoms with Gasteiger partial charge in [0, 0.05) is 29.4 Å². The van der Waals surface area contributed by atoms with Crippen LogP contribution in [0.15, 0.2) is 23.0 Å². The lowest BCUT2D eigenvalue weighted by Gasteiger charge is -2.16. The highest BCUT2D eigenvalue weighted by molar-refractivity contribution is 6.04. The summed E-state index contributed by atoms with van der Waals surface area (Å²) in [4.78, 5) is 17.1. The largest absolute Gasteiger partial charge is 0.489 e. The lowest BCUT2D eigenvalue weighted by atomic mass is 10.0. The topological polar surface area (TPSA) is 53.4 Å². The molecule has 4 rings (SSSR count). The van der Waals surface area contributed by atoms with Crippen LogP contribution in [0.4, 0.5) is 0 Å². The summed E-state index contributed by atoms with van der Waals surface area (Å²) in [5.41, 5.74) is 3.70. The zero-order valence-electron chi connectivity index (χ0n) is 14.2. The van der Waals surface area contributed by atoms with Crippen LogP contribution in [0.5, 0.6) is 11.6 Å². The van der Waals surface area contributed by atoms with Crippen molar-refractivity contribution < 1.29 is 9.47 Å². The number of nitrogens with zero attached hydrogens (tertiary/aromatic N) is 2. The van der Waals surface area contributed by atoms with Crippen molar-refractivity contribution in [1.82, 2.24) is 9.55 Å². The Balaban J connectivity index is 2.21. The number of hydrogen-bond acceptors (Lipinski definition) is 4. The van der Waals surface area contributed by atoms with Gasteiger partial charge in [-0.3, -0.25) is 4.79 Å². The van der Waals surface area contributed by atoms with Crippen molar-refractivity contribution in [3.63, 3.8) is 0 Å². The number of hydrogen-bond donors (Lipinski definition) is 0. The smallest absolute Gasteiger partial charge is 0.251 e. The lowest BCUT2D eigenvalue weighted by molar-refractivity contribution is 0.315. The zero-order chi connectivity index (χ0) is 16.8. The fraction of sp³-hybridized carbons (Fsp3) is 0.368. The predicted octanol–water partition coefficient (Wildman–Crippen LogP) is 3.35. The first kappa shape index (κ1) is 15.0. The van der Waals surface area contributed by atoms with Crippen LogP contribution in [0.3, 0.4) is 0 Å². The molecule has 0 unspecified atom stereocenters. The van der Waals surface area contributed by atoms with Gasteiger partial charge in [0.15, 0.2) is 5.75 Å². The fourth-order valence-corrected chi connectivity index (χ4v) is 3.45. The van der Waals surface area contributed by atoms with Gasteiger partial charge in [-0.15, -0.1) is 0 Å². The Labute approximate surface area is 139 Å². The number of aryl methyl sites for hydroxylation is 3. The number of fused-ring (bicyclic) bond motifs is 2. The van der Waals surface area contributed by atoms with Crippen molar-refractivity contribution in [2.24, 2.45) is 0 Å². The van der Waals surface area contributed by atoms with E-state index < -0.39 is 0 Å². The van der Waals surface area contributed by atoms with Crippen LogP contribution in [0.1, 0.15) is 24.5 Å². The van der Waals surface area contributed by atoms with E-state index in [0.717, 1.165) is 39.4 Å². The molecule has 1 aromatic carbocycles. The minimum Gasteiger partial charge on any atom is -0.489 e. The maximum atomic E-state index is 12.5. The summed E-state index contributed by atoms with van der Waals surface area (Å²) in [6.07, 6.45) is 0.804.